The normalized spacial score (nSPS) is 13.3. The number of H-pyrrole nitrogens is 3. The summed E-state index contributed by atoms with van der Waals surface area (Å²) in [5.74, 6) is 0. The van der Waals surface area contributed by atoms with Crippen molar-refractivity contribution in [2.45, 2.75) is 44.9 Å². The van der Waals surface area contributed by atoms with Crippen LogP contribution in [-0.4, -0.2) is 42.1 Å². The Morgan fingerprint density at radius 1 is 0.422 bits per heavy atom. The van der Waals surface area contributed by atoms with Gasteiger partial charge in [-0.15, -0.1) is 11.3 Å². The molecule has 0 saturated carbocycles. The highest BCUT2D eigenvalue weighted by Crippen LogP contribution is 2.50. The predicted molar refractivity (Wildman–Crippen MR) is 479 cm³/mol. The van der Waals surface area contributed by atoms with E-state index >= 15 is 0 Å². The molecule has 11 heterocycles. The number of hydrogen-bond donors (Lipinski definition) is 5. The molecule has 0 fully saturated rings. The molecule has 6 aromatic heterocycles. The van der Waals surface area contributed by atoms with Crippen LogP contribution in [0, 0.1) is 0 Å². The highest BCUT2D eigenvalue weighted by atomic mass is 32.2. The number of fused-ring (bicyclic) bond motifs is 9. The van der Waals surface area contributed by atoms with E-state index in [0.29, 0.717) is 0 Å². The molecule has 5 aliphatic rings. The average Bonchev–Trinajstić information content (AvgIpc) is 1.86. The highest BCUT2D eigenvalue weighted by Gasteiger charge is 2.32. The van der Waals surface area contributed by atoms with Crippen LogP contribution >= 0.6 is 58.4 Å². The molecule has 14 heteroatoms. The molecular weight excluding hydrogens is 1430 g/mol. The van der Waals surface area contributed by atoms with E-state index in [2.05, 4.69) is 252 Å². The maximum Gasteiger partial charge on any atom is 0.134 e. The third-order valence-electron chi connectivity index (χ3n) is 18.6. The van der Waals surface area contributed by atoms with Crippen molar-refractivity contribution in [1.29, 1.82) is 0 Å². The minimum atomic E-state index is 0.0818. The van der Waals surface area contributed by atoms with Crippen molar-refractivity contribution >= 4 is 157 Å². The number of aromatic amines is 3. The Balaban J connectivity index is 0.000000108. The van der Waals surface area contributed by atoms with E-state index in [1.165, 1.54) is 118 Å². The predicted octanol–water partition coefficient (Wildman–Crippen LogP) is 28.2. The molecule has 0 spiro atoms. The van der Waals surface area contributed by atoms with Crippen molar-refractivity contribution in [3.63, 3.8) is 0 Å². The zero-order chi connectivity index (χ0) is 74.7. The number of aryl methyl sites for hydroxylation is 2. The molecule has 109 heavy (non-hydrogen) atoms. The van der Waals surface area contributed by atoms with Crippen molar-refractivity contribution < 1.29 is 8.83 Å². The average molecular weight is 1520 g/mol. The van der Waals surface area contributed by atoms with Crippen molar-refractivity contribution in [1.82, 2.24) is 15.0 Å². The van der Waals surface area contributed by atoms with Crippen molar-refractivity contribution in [3.8, 4) is 0 Å². The fourth-order valence-corrected chi connectivity index (χ4v) is 18.0. The second-order valence-electron chi connectivity index (χ2n) is 26.5. The highest BCUT2D eigenvalue weighted by molar-refractivity contribution is 8.33. The molecular formula is C95H89N7O2S5. The monoisotopic (exact) mass is 1520 g/mol. The number of aromatic nitrogens is 3. The first-order chi connectivity index (χ1) is 53.7. The van der Waals surface area contributed by atoms with Gasteiger partial charge >= 0.3 is 0 Å². The van der Waals surface area contributed by atoms with E-state index in [-0.39, 0.29) is 5.41 Å². The zero-order valence-corrected chi connectivity index (χ0v) is 65.7. The third-order valence-corrected chi connectivity index (χ3v) is 24.3. The molecule has 0 aliphatic carbocycles. The third kappa shape index (κ3) is 21.0. The van der Waals surface area contributed by atoms with Gasteiger partial charge in [0.25, 0.3) is 0 Å². The number of rotatable bonds is 3. The molecule has 9 nitrogen and oxygen atoms in total. The van der Waals surface area contributed by atoms with Crippen molar-refractivity contribution in [3.05, 3.63) is 392 Å². The van der Waals surface area contributed by atoms with Gasteiger partial charge in [-0.1, -0.05) is 243 Å². The van der Waals surface area contributed by atoms with Crippen LogP contribution < -0.4 is 20.4 Å². The van der Waals surface area contributed by atoms with Crippen LogP contribution in [0.25, 0.3) is 64.7 Å². The minimum absolute atomic E-state index is 0.0818. The molecule has 546 valence electrons. The Morgan fingerprint density at radius 3 is 1.39 bits per heavy atom. The van der Waals surface area contributed by atoms with Crippen LogP contribution in [0.3, 0.4) is 0 Å². The maximum absolute atomic E-state index is 5.25. The van der Waals surface area contributed by atoms with Gasteiger partial charge in [-0.3, -0.25) is 0 Å². The lowest BCUT2D eigenvalue weighted by Crippen LogP contribution is -2.34. The molecule has 0 atom stereocenters. The molecule has 5 aliphatic heterocycles. The van der Waals surface area contributed by atoms with Gasteiger partial charge in [-0.25, -0.2) is 0 Å². The molecule has 0 bridgehead atoms. The summed E-state index contributed by atoms with van der Waals surface area (Å²) >= 11 is 9.07. The number of furan rings is 2. The summed E-state index contributed by atoms with van der Waals surface area (Å²) in [6.07, 6.45) is 14.3. The maximum atomic E-state index is 5.25. The Kier molecular flexibility index (Phi) is 27.3. The van der Waals surface area contributed by atoms with Crippen LogP contribution in [0.1, 0.15) is 48.9 Å². The van der Waals surface area contributed by atoms with Crippen molar-refractivity contribution in [2.75, 3.05) is 47.6 Å². The Hall–Kier alpha value is -11.1. The number of benzene rings is 11. The summed E-state index contributed by atoms with van der Waals surface area (Å²) in [6.45, 7) is 7.13. The largest absolute Gasteiger partial charge is 0.464 e. The standard InChI is InChI=1S/C15H15N.C12H15N.C12H9N.C12H11N.C10H6O2.C8H7N.C8H11N.C8H6S.C6H4S4.C4H5N/c1-15(2)11-7-3-5-9-13(11)16-14-10-6-4-8-12(14)15;1-4-10-6-2-8-13-9-3-7-11(5-1)12(10)13;1-3-7-11-9(5-1)10-6-2-4-8-12(10)13-11;1-3-7-11(8-4-1)13-12-9-5-2-6-10-12;1-3-11-9-6-8-2-4-12-10(8)5-7(1)9;1-2-4-8-7(3-1)5-6-9-8;1-9(2)8-6-4-3-5-7-8;1-2-4-8-7(3-1)5-6-9-8;1-2-8-5(7-1)6-9-3-4-10-6;1-2-4-5-3-1/h3-10,16H,1-2H3;1,4-5H,2-3,6-9H2;1-8,13H;1-10,13H;1-6H;1-6,9H;3-7H,1-2H3;1-6H;1-4H;1-5H. The lowest BCUT2D eigenvalue weighted by atomic mass is 9.74. The van der Waals surface area contributed by atoms with Crippen LogP contribution in [0.2, 0.25) is 0 Å². The summed E-state index contributed by atoms with van der Waals surface area (Å²) < 4.78 is 14.7. The molecule has 11 aromatic carbocycles. The number of thioether (sulfide) groups is 4. The summed E-state index contributed by atoms with van der Waals surface area (Å²) in [5.41, 5.74) is 19.0. The smallest absolute Gasteiger partial charge is 0.134 e. The second-order valence-corrected chi connectivity index (χ2v) is 31.7. The Labute approximate surface area is 660 Å². The number of hydrogen-bond acceptors (Lipinski definition) is 11. The summed E-state index contributed by atoms with van der Waals surface area (Å²) in [6, 6.07) is 104. The first-order valence-corrected chi connectivity index (χ1v) is 41.0. The summed E-state index contributed by atoms with van der Waals surface area (Å²) in [5, 5.41) is 24.8. The topological polar surface area (TPSA) is 104 Å². The Bertz CT molecular complexity index is 5260. The first-order valence-electron chi connectivity index (χ1n) is 36.6. The zero-order valence-electron chi connectivity index (χ0n) is 61.6. The van der Waals surface area contributed by atoms with Gasteiger partial charge in [-0.05, 0) is 207 Å². The van der Waals surface area contributed by atoms with E-state index in [9.17, 15) is 0 Å². The Morgan fingerprint density at radius 2 is 0.890 bits per heavy atom. The molecule has 0 unspecified atom stereocenters. The summed E-state index contributed by atoms with van der Waals surface area (Å²) in [4.78, 5) is 14.0. The van der Waals surface area contributed by atoms with Crippen LogP contribution in [0.5, 0.6) is 0 Å². The van der Waals surface area contributed by atoms with E-state index in [1.807, 2.05) is 207 Å². The summed E-state index contributed by atoms with van der Waals surface area (Å²) in [7, 11) is 4.07. The van der Waals surface area contributed by atoms with Gasteiger partial charge in [0, 0.05) is 128 Å². The van der Waals surface area contributed by atoms with Crippen molar-refractivity contribution in [2.24, 2.45) is 0 Å². The SMILES string of the molecule is C1=CSC(=C2SC=CS2)S1.CC1(C)c2ccccc2Nc2ccccc21.CN(C)c1ccccc1.c1cc2c3c(c1)CCCN3CCC2.c1cc2cc3occc3cc2o1.c1cc[nH]c1.c1ccc(Nc2ccccc2)cc1.c1ccc2[nH]ccc2c1.c1ccc2c(c1)[nH]c1ccccc12.c1ccc2sccc2c1. The lowest BCUT2D eigenvalue weighted by molar-refractivity contribution is 0.612. The molecule has 22 rings (SSSR count). The minimum Gasteiger partial charge on any atom is -0.464 e. The van der Waals surface area contributed by atoms with Gasteiger partial charge in [0.1, 0.15) is 11.2 Å². The molecule has 5 N–H and O–H groups in total. The first kappa shape index (κ1) is 76.1. The van der Waals surface area contributed by atoms with E-state index < -0.39 is 0 Å². The van der Waals surface area contributed by atoms with Gasteiger partial charge in [0.15, 0.2) is 0 Å². The number of anilines is 6. The molecule has 0 radical (unpaired) electrons. The fraction of sp³-hybridized carbons (Fsp3) is 0.116. The molecule has 17 aromatic rings. The number of nitrogens with one attached hydrogen (secondary N) is 5. The molecule has 0 amide bonds. The quantitative estimate of drug-likeness (QED) is 0.118. The van der Waals surface area contributed by atoms with Crippen LogP contribution in [0.4, 0.5) is 34.1 Å². The van der Waals surface area contributed by atoms with Gasteiger partial charge in [0.05, 0.1) is 21.0 Å². The number of nitrogens with zero attached hydrogens (tertiary/aromatic N) is 2. The van der Waals surface area contributed by atoms with E-state index in [1.54, 1.807) is 40.7 Å². The van der Waals surface area contributed by atoms with Gasteiger partial charge in [-0.2, -0.15) is 0 Å². The van der Waals surface area contributed by atoms with Gasteiger partial charge in [0.2, 0.25) is 0 Å². The van der Waals surface area contributed by atoms with E-state index in [4.69, 9.17) is 8.83 Å². The number of thiophene rings is 1. The lowest BCUT2D eigenvalue weighted by Gasteiger charge is -2.36. The molecule has 0 saturated heterocycles. The second kappa shape index (κ2) is 39.1. The van der Waals surface area contributed by atoms with Crippen LogP contribution in [-0.2, 0) is 18.3 Å². The van der Waals surface area contributed by atoms with Gasteiger partial charge < -0.3 is 44.2 Å². The fourth-order valence-electron chi connectivity index (χ4n) is 13.2. The number of para-hydroxylation sites is 9. The van der Waals surface area contributed by atoms with E-state index in [0.717, 1.165) is 33.3 Å². The van der Waals surface area contributed by atoms with Crippen LogP contribution in [0.15, 0.2) is 379 Å².